The number of unbranched alkanes of at least 4 members (excludes halogenated alkanes) is 10. The van der Waals surface area contributed by atoms with Crippen LogP contribution in [-0.2, 0) is 33.2 Å². The van der Waals surface area contributed by atoms with Crippen molar-refractivity contribution in [3.05, 3.63) is 109 Å². The normalized spacial score (nSPS) is 25.8. The Hall–Kier alpha value is -3.35. The van der Waals surface area contributed by atoms with Gasteiger partial charge in [-0.05, 0) is 89.9 Å². The van der Waals surface area contributed by atoms with Crippen LogP contribution in [0.3, 0.4) is 0 Å². The van der Waals surface area contributed by atoms with Crippen LogP contribution in [0.1, 0.15) is 155 Å². The highest BCUT2D eigenvalue weighted by Crippen LogP contribution is 2.26. The van der Waals surface area contributed by atoms with Gasteiger partial charge in [0.2, 0.25) is 0 Å². The number of aliphatic hydroxyl groups excluding tert-OH is 7. The molecular formula is C59H96O14. The number of hydrogen-bond donors (Lipinski definition) is 7. The van der Waals surface area contributed by atoms with Crippen LogP contribution in [0.2, 0.25) is 0 Å². The first-order chi connectivity index (χ1) is 35.6. The highest BCUT2D eigenvalue weighted by Gasteiger charge is 2.47. The van der Waals surface area contributed by atoms with E-state index in [1.54, 1.807) is 0 Å². The summed E-state index contributed by atoms with van der Waals surface area (Å²) in [6, 6.07) is 0. The van der Waals surface area contributed by atoms with E-state index in [1.807, 2.05) is 6.08 Å². The van der Waals surface area contributed by atoms with Crippen molar-refractivity contribution in [3.8, 4) is 0 Å². The smallest absolute Gasteiger partial charge is 0.306 e. The fourth-order valence-electron chi connectivity index (χ4n) is 7.90. The Balaban J connectivity index is 1.76. The Bertz CT molecular complexity index is 1620. The molecular weight excluding hydrogens is 933 g/mol. The van der Waals surface area contributed by atoms with E-state index in [1.165, 1.54) is 38.5 Å². The first-order valence-corrected chi connectivity index (χ1v) is 27.5. The van der Waals surface area contributed by atoms with Gasteiger partial charge in [-0.1, -0.05) is 168 Å². The standard InChI is InChI=1S/C59H96O14/c1-3-5-7-9-11-13-15-17-19-21-22-23-24-25-27-29-31-33-35-37-39-41-43-68-45-48(71-51(61)42-40-38-36-34-32-30-28-26-20-18-16-14-12-10-8-6-4-2)46-69-58-57(67)55(65)53(63)50(73-58)47-70-59-56(66)54(64)52(62)49(44-60)72-59/h5-8,11-14,17-20,22-23,28,30,34,36,48-50,52-60,62-67H,3-4,9-10,15-16,21,24-27,29,31-33,35,37-47H2,1-2H3/b7-5-,8-6-,13-11-,14-12-,19-17-,20-18-,23-22-,30-28-,36-34-. The number of carbonyl (C=O) groups is 1. The maximum Gasteiger partial charge on any atom is 0.306 e. The summed E-state index contributed by atoms with van der Waals surface area (Å²) >= 11 is 0. The lowest BCUT2D eigenvalue weighted by atomic mass is 9.98. The molecule has 0 spiro atoms. The molecule has 2 rings (SSSR count). The number of ether oxygens (including phenoxy) is 6. The van der Waals surface area contributed by atoms with Gasteiger partial charge in [-0.15, -0.1) is 0 Å². The third-order valence-corrected chi connectivity index (χ3v) is 12.3. The molecule has 0 aliphatic carbocycles. The first-order valence-electron chi connectivity index (χ1n) is 27.5. The van der Waals surface area contributed by atoms with Crippen LogP contribution in [0, 0.1) is 0 Å². The second-order valence-corrected chi connectivity index (χ2v) is 18.6. The van der Waals surface area contributed by atoms with E-state index in [0.29, 0.717) is 19.4 Å². The number of allylic oxidation sites excluding steroid dienone is 18. The van der Waals surface area contributed by atoms with Crippen LogP contribution in [0.4, 0.5) is 0 Å². The van der Waals surface area contributed by atoms with Gasteiger partial charge in [0.05, 0.1) is 26.4 Å². The third kappa shape index (κ3) is 32.0. The Kier molecular flexibility index (Phi) is 40.4. The van der Waals surface area contributed by atoms with Gasteiger partial charge >= 0.3 is 5.97 Å². The molecule has 2 heterocycles. The minimum Gasteiger partial charge on any atom is -0.457 e. The molecule has 2 aliphatic heterocycles. The molecule has 0 aromatic rings. The molecule has 11 unspecified atom stereocenters. The predicted molar refractivity (Wildman–Crippen MR) is 288 cm³/mol. The molecule has 14 nitrogen and oxygen atoms in total. The van der Waals surface area contributed by atoms with Crippen LogP contribution >= 0.6 is 0 Å². The first kappa shape index (κ1) is 65.8. The van der Waals surface area contributed by atoms with Crippen molar-refractivity contribution >= 4 is 5.97 Å². The quantitative estimate of drug-likeness (QED) is 0.0173. The largest absolute Gasteiger partial charge is 0.457 e. The molecule has 11 atom stereocenters. The Morgan fingerprint density at radius 1 is 0.452 bits per heavy atom. The maximum atomic E-state index is 13.0. The van der Waals surface area contributed by atoms with E-state index < -0.39 is 86.7 Å². The summed E-state index contributed by atoms with van der Waals surface area (Å²) in [7, 11) is 0. The number of aliphatic hydroxyl groups is 7. The van der Waals surface area contributed by atoms with Gasteiger partial charge in [0, 0.05) is 13.0 Å². The molecule has 73 heavy (non-hydrogen) atoms. The summed E-state index contributed by atoms with van der Waals surface area (Å²) in [5, 5.41) is 72.3. The van der Waals surface area contributed by atoms with E-state index in [9.17, 15) is 40.5 Å². The molecule has 2 fully saturated rings. The Labute approximate surface area is 438 Å². The molecule has 0 bridgehead atoms. The van der Waals surface area contributed by atoms with E-state index in [-0.39, 0.29) is 19.6 Å². The number of hydrogen-bond acceptors (Lipinski definition) is 14. The van der Waals surface area contributed by atoms with Crippen LogP contribution in [-0.4, -0.2) is 142 Å². The summed E-state index contributed by atoms with van der Waals surface area (Å²) in [5.41, 5.74) is 0. The van der Waals surface area contributed by atoms with Crippen molar-refractivity contribution in [2.24, 2.45) is 0 Å². The molecule has 0 aromatic carbocycles. The van der Waals surface area contributed by atoms with Crippen LogP contribution in [0.15, 0.2) is 109 Å². The molecule has 0 saturated carbocycles. The Morgan fingerprint density at radius 3 is 1.33 bits per heavy atom. The summed E-state index contributed by atoms with van der Waals surface area (Å²) in [4.78, 5) is 13.0. The molecule has 0 amide bonds. The molecule has 416 valence electrons. The van der Waals surface area contributed by atoms with Crippen molar-refractivity contribution in [1.29, 1.82) is 0 Å². The summed E-state index contributed by atoms with van der Waals surface area (Å²) in [5.74, 6) is -0.439. The molecule has 2 saturated heterocycles. The van der Waals surface area contributed by atoms with E-state index in [2.05, 4.69) is 117 Å². The lowest BCUT2D eigenvalue weighted by Crippen LogP contribution is -2.61. The SMILES string of the molecule is CC/C=C\C/C=C\C/C=C\C/C=C\C/C=C\CCCC(=O)OC(COCCCCCCCCCCC/C=C\C/C=C\C/C=C\C/C=C\CC)COC1OC(COC2OC(CO)C(O)C(O)C2O)C(O)C(O)C1O. The number of esters is 1. The van der Waals surface area contributed by atoms with Crippen LogP contribution in [0.5, 0.6) is 0 Å². The van der Waals surface area contributed by atoms with Gasteiger partial charge in [0.1, 0.15) is 54.9 Å². The number of rotatable bonds is 42. The van der Waals surface area contributed by atoms with Crippen molar-refractivity contribution in [2.75, 3.05) is 33.0 Å². The second kappa shape index (κ2) is 44.9. The summed E-state index contributed by atoms with van der Waals surface area (Å²) in [6.45, 7) is 3.34. The maximum absolute atomic E-state index is 13.0. The zero-order chi connectivity index (χ0) is 53.0. The molecule has 14 heteroatoms. The zero-order valence-electron chi connectivity index (χ0n) is 44.3. The van der Waals surface area contributed by atoms with Gasteiger partial charge in [0.15, 0.2) is 12.6 Å². The van der Waals surface area contributed by atoms with Crippen molar-refractivity contribution in [3.63, 3.8) is 0 Å². The van der Waals surface area contributed by atoms with Gasteiger partial charge in [-0.2, -0.15) is 0 Å². The zero-order valence-corrected chi connectivity index (χ0v) is 44.3. The average molecular weight is 1030 g/mol. The van der Waals surface area contributed by atoms with E-state index in [4.69, 9.17) is 28.4 Å². The molecule has 2 aliphatic rings. The van der Waals surface area contributed by atoms with Crippen molar-refractivity contribution in [1.82, 2.24) is 0 Å². The highest BCUT2D eigenvalue weighted by molar-refractivity contribution is 5.69. The Morgan fingerprint density at radius 2 is 0.849 bits per heavy atom. The van der Waals surface area contributed by atoms with Gasteiger partial charge < -0.3 is 64.2 Å². The summed E-state index contributed by atoms with van der Waals surface area (Å²) in [6.07, 6.45) is 44.4. The monoisotopic (exact) mass is 1030 g/mol. The number of carbonyl (C=O) groups excluding carboxylic acids is 1. The lowest BCUT2D eigenvalue weighted by molar-refractivity contribution is -0.332. The lowest BCUT2D eigenvalue weighted by Gasteiger charge is -2.42. The van der Waals surface area contributed by atoms with Crippen molar-refractivity contribution in [2.45, 2.75) is 223 Å². The van der Waals surface area contributed by atoms with Gasteiger partial charge in [-0.3, -0.25) is 4.79 Å². The fraction of sp³-hybridized carbons (Fsp3) is 0.678. The predicted octanol–water partition coefficient (Wildman–Crippen LogP) is 9.18. The molecule has 7 N–H and O–H groups in total. The third-order valence-electron chi connectivity index (χ3n) is 12.3. The van der Waals surface area contributed by atoms with Crippen LogP contribution in [0.25, 0.3) is 0 Å². The fourth-order valence-corrected chi connectivity index (χ4v) is 7.90. The topological polar surface area (TPSA) is 214 Å². The van der Waals surface area contributed by atoms with E-state index in [0.717, 1.165) is 83.5 Å². The van der Waals surface area contributed by atoms with Gasteiger partial charge in [-0.25, -0.2) is 0 Å². The second-order valence-electron chi connectivity index (χ2n) is 18.6. The molecule has 0 aromatic heterocycles. The minimum absolute atomic E-state index is 0.0269. The summed E-state index contributed by atoms with van der Waals surface area (Å²) < 4.78 is 34.3. The average Bonchev–Trinajstić information content (AvgIpc) is 3.39. The minimum atomic E-state index is -1.73. The van der Waals surface area contributed by atoms with Gasteiger partial charge in [0.25, 0.3) is 0 Å². The highest BCUT2D eigenvalue weighted by atomic mass is 16.7. The van der Waals surface area contributed by atoms with Crippen molar-refractivity contribution < 1.29 is 69.0 Å². The van der Waals surface area contributed by atoms with Crippen LogP contribution < -0.4 is 0 Å². The van der Waals surface area contributed by atoms with E-state index >= 15 is 0 Å². The molecule has 0 radical (unpaired) electrons.